The molecule has 2 heterocycles. The highest BCUT2D eigenvalue weighted by Crippen LogP contribution is 2.35. The molecule has 3 fully saturated rings. The van der Waals surface area contributed by atoms with Crippen LogP contribution in [0.2, 0.25) is 0 Å². The van der Waals surface area contributed by atoms with Gasteiger partial charge >= 0.3 is 6.09 Å². The molecular formula is C17H28N2O3. The molecule has 3 rings (SSSR count). The summed E-state index contributed by atoms with van der Waals surface area (Å²) in [5.74, 6) is 1.96. The van der Waals surface area contributed by atoms with E-state index in [9.17, 15) is 9.59 Å². The summed E-state index contributed by atoms with van der Waals surface area (Å²) in [6.07, 6.45) is 4.17. The van der Waals surface area contributed by atoms with E-state index < -0.39 is 5.60 Å². The highest BCUT2D eigenvalue weighted by atomic mass is 16.6. The Morgan fingerprint density at radius 1 is 0.909 bits per heavy atom. The van der Waals surface area contributed by atoms with Crippen LogP contribution in [-0.4, -0.2) is 53.6 Å². The summed E-state index contributed by atoms with van der Waals surface area (Å²) < 4.78 is 5.39. The molecule has 0 atom stereocenters. The fraction of sp³-hybridized carbons (Fsp3) is 0.882. The summed E-state index contributed by atoms with van der Waals surface area (Å²) in [7, 11) is 0. The van der Waals surface area contributed by atoms with E-state index in [1.807, 2.05) is 20.8 Å². The SMILES string of the molecule is CC(C)(C)OC(=O)N1CC(C2CCN(C(=O)C3CC3)CC2)C1. The van der Waals surface area contributed by atoms with Crippen LogP contribution in [-0.2, 0) is 9.53 Å². The molecule has 2 saturated heterocycles. The van der Waals surface area contributed by atoms with Crippen LogP contribution >= 0.6 is 0 Å². The van der Waals surface area contributed by atoms with Crippen molar-refractivity contribution < 1.29 is 14.3 Å². The van der Waals surface area contributed by atoms with Crippen LogP contribution in [0.15, 0.2) is 0 Å². The van der Waals surface area contributed by atoms with Crippen LogP contribution in [0.5, 0.6) is 0 Å². The van der Waals surface area contributed by atoms with E-state index in [1.54, 1.807) is 4.90 Å². The first-order chi connectivity index (χ1) is 10.3. The normalized spacial score (nSPS) is 24.1. The lowest BCUT2D eigenvalue weighted by molar-refractivity contribution is -0.134. The molecule has 0 aromatic heterocycles. The number of likely N-dealkylation sites (tertiary alicyclic amines) is 2. The Kier molecular flexibility index (Phi) is 4.08. The number of hydrogen-bond donors (Lipinski definition) is 0. The van der Waals surface area contributed by atoms with Crippen molar-refractivity contribution in [2.75, 3.05) is 26.2 Å². The maximum atomic E-state index is 12.1. The van der Waals surface area contributed by atoms with Crippen LogP contribution in [0.4, 0.5) is 4.79 Å². The third-order valence-electron chi connectivity index (χ3n) is 5.01. The van der Waals surface area contributed by atoms with Gasteiger partial charge in [0.25, 0.3) is 0 Å². The van der Waals surface area contributed by atoms with Crippen molar-refractivity contribution in [3.63, 3.8) is 0 Å². The van der Waals surface area contributed by atoms with Crippen molar-refractivity contribution in [1.29, 1.82) is 0 Å². The molecule has 22 heavy (non-hydrogen) atoms. The smallest absolute Gasteiger partial charge is 0.410 e. The topological polar surface area (TPSA) is 49.9 Å². The Labute approximate surface area is 133 Å². The first-order valence-corrected chi connectivity index (χ1v) is 8.60. The summed E-state index contributed by atoms with van der Waals surface area (Å²) >= 11 is 0. The fourth-order valence-corrected chi connectivity index (χ4v) is 3.47. The van der Waals surface area contributed by atoms with Crippen LogP contribution in [0, 0.1) is 17.8 Å². The number of amides is 2. The van der Waals surface area contributed by atoms with Gasteiger partial charge in [0.15, 0.2) is 0 Å². The summed E-state index contributed by atoms with van der Waals surface area (Å²) in [6, 6.07) is 0. The fourth-order valence-electron chi connectivity index (χ4n) is 3.47. The van der Waals surface area contributed by atoms with Crippen molar-refractivity contribution in [2.24, 2.45) is 17.8 Å². The zero-order chi connectivity index (χ0) is 15.9. The van der Waals surface area contributed by atoms with Gasteiger partial charge in [-0.25, -0.2) is 4.79 Å². The molecule has 1 aliphatic carbocycles. The van der Waals surface area contributed by atoms with Crippen molar-refractivity contribution in [3.05, 3.63) is 0 Å². The van der Waals surface area contributed by atoms with Gasteiger partial charge in [-0.3, -0.25) is 4.79 Å². The Balaban J connectivity index is 1.39. The van der Waals surface area contributed by atoms with Gasteiger partial charge in [0, 0.05) is 32.1 Å². The molecule has 0 aromatic rings. The second kappa shape index (κ2) is 5.74. The van der Waals surface area contributed by atoms with E-state index >= 15 is 0 Å². The first-order valence-electron chi connectivity index (χ1n) is 8.60. The second-order valence-electron chi connectivity index (χ2n) is 8.08. The quantitative estimate of drug-likeness (QED) is 0.787. The highest BCUT2D eigenvalue weighted by Gasteiger charge is 2.41. The number of nitrogens with zero attached hydrogens (tertiary/aromatic N) is 2. The van der Waals surface area contributed by atoms with E-state index in [0.717, 1.165) is 51.9 Å². The number of rotatable bonds is 2. The first kappa shape index (κ1) is 15.6. The molecule has 0 spiro atoms. The molecule has 3 aliphatic rings. The Hall–Kier alpha value is -1.26. The van der Waals surface area contributed by atoms with Crippen molar-refractivity contribution >= 4 is 12.0 Å². The summed E-state index contributed by atoms with van der Waals surface area (Å²) in [5, 5.41) is 0. The molecule has 1 saturated carbocycles. The zero-order valence-electron chi connectivity index (χ0n) is 14.0. The van der Waals surface area contributed by atoms with E-state index in [0.29, 0.717) is 23.7 Å². The van der Waals surface area contributed by atoms with Gasteiger partial charge in [-0.2, -0.15) is 0 Å². The molecule has 124 valence electrons. The standard InChI is InChI=1S/C17H28N2O3/c1-17(2,3)22-16(21)19-10-14(11-19)12-6-8-18(9-7-12)15(20)13-4-5-13/h12-14H,4-11H2,1-3H3. The lowest BCUT2D eigenvalue weighted by atomic mass is 9.80. The van der Waals surface area contributed by atoms with Crippen LogP contribution in [0.3, 0.4) is 0 Å². The molecule has 5 nitrogen and oxygen atoms in total. The monoisotopic (exact) mass is 308 g/mol. The van der Waals surface area contributed by atoms with Gasteiger partial charge in [0.05, 0.1) is 0 Å². The van der Waals surface area contributed by atoms with Crippen LogP contribution < -0.4 is 0 Å². The minimum absolute atomic E-state index is 0.190. The van der Waals surface area contributed by atoms with Gasteiger partial charge in [-0.15, -0.1) is 0 Å². The molecule has 0 unspecified atom stereocenters. The number of piperidine rings is 1. The highest BCUT2D eigenvalue weighted by molar-refractivity contribution is 5.81. The van der Waals surface area contributed by atoms with E-state index in [2.05, 4.69) is 4.90 Å². The predicted octanol–water partition coefficient (Wildman–Crippen LogP) is 2.50. The predicted molar refractivity (Wildman–Crippen MR) is 83.3 cm³/mol. The third kappa shape index (κ3) is 3.55. The zero-order valence-corrected chi connectivity index (χ0v) is 14.0. The van der Waals surface area contributed by atoms with Crippen LogP contribution in [0.1, 0.15) is 46.5 Å². The van der Waals surface area contributed by atoms with E-state index in [-0.39, 0.29) is 6.09 Å². The Morgan fingerprint density at radius 3 is 2.00 bits per heavy atom. The second-order valence-corrected chi connectivity index (χ2v) is 8.08. The Morgan fingerprint density at radius 2 is 1.50 bits per heavy atom. The average molecular weight is 308 g/mol. The lowest BCUT2D eigenvalue weighted by Gasteiger charge is -2.46. The average Bonchev–Trinajstić information content (AvgIpc) is 3.19. The molecular weight excluding hydrogens is 280 g/mol. The van der Waals surface area contributed by atoms with Gasteiger partial charge in [0.2, 0.25) is 5.91 Å². The number of ether oxygens (including phenoxy) is 1. The minimum atomic E-state index is -0.420. The molecule has 0 radical (unpaired) electrons. The van der Waals surface area contributed by atoms with Crippen molar-refractivity contribution in [3.8, 4) is 0 Å². The van der Waals surface area contributed by atoms with E-state index in [4.69, 9.17) is 4.74 Å². The molecule has 5 heteroatoms. The van der Waals surface area contributed by atoms with Crippen molar-refractivity contribution in [1.82, 2.24) is 9.80 Å². The van der Waals surface area contributed by atoms with Gasteiger partial charge in [-0.05, 0) is 58.3 Å². The summed E-state index contributed by atoms with van der Waals surface area (Å²) in [4.78, 5) is 27.9. The number of carbonyl (C=O) groups excluding carboxylic acids is 2. The molecule has 2 aliphatic heterocycles. The largest absolute Gasteiger partial charge is 0.444 e. The number of hydrogen-bond acceptors (Lipinski definition) is 3. The maximum Gasteiger partial charge on any atom is 0.410 e. The summed E-state index contributed by atoms with van der Waals surface area (Å²) in [5.41, 5.74) is -0.420. The number of carbonyl (C=O) groups is 2. The minimum Gasteiger partial charge on any atom is -0.444 e. The molecule has 0 bridgehead atoms. The van der Waals surface area contributed by atoms with E-state index in [1.165, 1.54) is 0 Å². The van der Waals surface area contributed by atoms with Gasteiger partial charge < -0.3 is 14.5 Å². The molecule has 0 aromatic carbocycles. The third-order valence-corrected chi connectivity index (χ3v) is 5.01. The van der Waals surface area contributed by atoms with Crippen molar-refractivity contribution in [2.45, 2.75) is 52.1 Å². The Bertz CT molecular complexity index is 439. The van der Waals surface area contributed by atoms with Gasteiger partial charge in [0.1, 0.15) is 5.60 Å². The van der Waals surface area contributed by atoms with Gasteiger partial charge in [-0.1, -0.05) is 0 Å². The summed E-state index contributed by atoms with van der Waals surface area (Å²) in [6.45, 7) is 9.14. The molecule has 0 N–H and O–H groups in total. The maximum absolute atomic E-state index is 12.1. The lowest BCUT2D eigenvalue weighted by Crippen LogP contribution is -2.55. The van der Waals surface area contributed by atoms with Crippen LogP contribution in [0.25, 0.3) is 0 Å². The molecule has 2 amide bonds.